The van der Waals surface area contributed by atoms with Gasteiger partial charge >= 0.3 is 0 Å². The first-order chi connectivity index (χ1) is 8.33. The molecule has 0 bridgehead atoms. The van der Waals surface area contributed by atoms with Crippen molar-refractivity contribution < 1.29 is 4.79 Å². The van der Waals surface area contributed by atoms with E-state index in [-0.39, 0.29) is 30.7 Å². The predicted molar refractivity (Wildman–Crippen MR) is 81.2 cm³/mol. The van der Waals surface area contributed by atoms with Gasteiger partial charge in [-0.2, -0.15) is 0 Å². The highest BCUT2D eigenvalue weighted by Crippen LogP contribution is 2.44. The van der Waals surface area contributed by atoms with Crippen LogP contribution in [0.3, 0.4) is 0 Å². The topological polar surface area (TPSA) is 44.4 Å². The number of carbonyl (C=O) groups excluding carboxylic acids is 1. The van der Waals surface area contributed by atoms with Crippen LogP contribution < -0.4 is 10.6 Å². The summed E-state index contributed by atoms with van der Waals surface area (Å²) in [6, 6.07) is 0.505. The van der Waals surface area contributed by atoms with Crippen molar-refractivity contribution in [3.05, 3.63) is 0 Å². The Kier molecular flexibility index (Phi) is 6.87. The fourth-order valence-corrected chi connectivity index (χ4v) is 2.84. The molecule has 3 rings (SSSR count). The fraction of sp³-hybridized carbons (Fsp3) is 0.923. The highest BCUT2D eigenvalue weighted by molar-refractivity contribution is 5.85. The van der Waals surface area contributed by atoms with Gasteiger partial charge in [-0.15, -0.1) is 24.8 Å². The van der Waals surface area contributed by atoms with Crippen molar-refractivity contribution in [1.29, 1.82) is 0 Å². The van der Waals surface area contributed by atoms with Crippen LogP contribution in [0.1, 0.15) is 25.7 Å². The number of hydrogen-bond donors (Lipinski definition) is 2. The van der Waals surface area contributed by atoms with Gasteiger partial charge in [0.1, 0.15) is 0 Å². The second-order valence-electron chi connectivity index (χ2n) is 5.79. The summed E-state index contributed by atoms with van der Waals surface area (Å²) in [6.07, 6.45) is 5.31. The van der Waals surface area contributed by atoms with E-state index in [1.807, 2.05) is 0 Å². The first-order valence-corrected chi connectivity index (χ1v) is 7.05. The summed E-state index contributed by atoms with van der Waals surface area (Å²) in [6.45, 7) is 4.64. The maximum atomic E-state index is 12.0. The third-order valence-corrected chi connectivity index (χ3v) is 4.16. The molecule has 0 aromatic rings. The Hall–Kier alpha value is -0.0300. The molecule has 1 aliphatic heterocycles. The quantitative estimate of drug-likeness (QED) is 0.797. The second-order valence-corrected chi connectivity index (χ2v) is 5.79. The zero-order chi connectivity index (χ0) is 11.7. The lowest BCUT2D eigenvalue weighted by atomic mass is 10.1. The molecule has 3 fully saturated rings. The van der Waals surface area contributed by atoms with Gasteiger partial charge in [-0.1, -0.05) is 0 Å². The van der Waals surface area contributed by atoms with Crippen LogP contribution in [0, 0.1) is 11.8 Å². The van der Waals surface area contributed by atoms with Gasteiger partial charge in [0, 0.05) is 32.2 Å². The summed E-state index contributed by atoms with van der Waals surface area (Å²) in [5, 5.41) is 6.60. The predicted octanol–water partition coefficient (Wildman–Crippen LogP) is 1.04. The van der Waals surface area contributed by atoms with Crippen LogP contribution in [-0.4, -0.2) is 49.6 Å². The second kappa shape index (κ2) is 7.67. The van der Waals surface area contributed by atoms with Crippen LogP contribution in [0.5, 0.6) is 0 Å². The number of amides is 1. The van der Waals surface area contributed by atoms with E-state index in [0.717, 1.165) is 38.0 Å². The molecule has 0 radical (unpaired) electrons. The number of carbonyl (C=O) groups is 1. The fourth-order valence-electron chi connectivity index (χ4n) is 2.84. The van der Waals surface area contributed by atoms with E-state index in [0.29, 0.717) is 12.6 Å². The number of hydrogen-bond acceptors (Lipinski definition) is 3. The Bertz CT molecular complexity index is 278. The van der Waals surface area contributed by atoms with Gasteiger partial charge in [0.15, 0.2) is 0 Å². The summed E-state index contributed by atoms with van der Waals surface area (Å²) in [5.41, 5.74) is 0. The van der Waals surface area contributed by atoms with Crippen LogP contribution >= 0.6 is 24.8 Å². The molecule has 1 amide bonds. The van der Waals surface area contributed by atoms with Crippen molar-refractivity contribution in [2.75, 3.05) is 32.7 Å². The van der Waals surface area contributed by atoms with Gasteiger partial charge in [-0.3, -0.25) is 9.69 Å². The minimum Gasteiger partial charge on any atom is -0.352 e. The molecule has 1 saturated heterocycles. The summed E-state index contributed by atoms with van der Waals surface area (Å²) in [4.78, 5) is 14.3. The molecule has 3 aliphatic rings. The monoisotopic (exact) mass is 309 g/mol. The van der Waals surface area contributed by atoms with Crippen molar-refractivity contribution in [2.24, 2.45) is 11.8 Å². The lowest BCUT2D eigenvalue weighted by Gasteiger charge is -2.27. The smallest absolute Gasteiger partial charge is 0.234 e. The largest absolute Gasteiger partial charge is 0.352 e. The van der Waals surface area contributed by atoms with Gasteiger partial charge < -0.3 is 10.6 Å². The van der Waals surface area contributed by atoms with E-state index in [2.05, 4.69) is 15.5 Å². The van der Waals surface area contributed by atoms with Gasteiger partial charge in [-0.05, 0) is 37.5 Å². The number of nitrogens with zero attached hydrogens (tertiary/aromatic N) is 1. The van der Waals surface area contributed by atoms with Gasteiger partial charge in [-0.25, -0.2) is 0 Å². The van der Waals surface area contributed by atoms with E-state index in [1.54, 1.807) is 0 Å². The molecule has 2 aliphatic carbocycles. The van der Waals surface area contributed by atoms with Crippen LogP contribution in [0.25, 0.3) is 0 Å². The molecule has 19 heavy (non-hydrogen) atoms. The lowest BCUT2D eigenvalue weighted by molar-refractivity contribution is -0.123. The third kappa shape index (κ3) is 5.10. The first-order valence-electron chi connectivity index (χ1n) is 7.05. The van der Waals surface area contributed by atoms with Gasteiger partial charge in [0.2, 0.25) is 5.91 Å². The molecule has 4 nitrogen and oxygen atoms in total. The normalized spacial score (nSPS) is 23.4. The van der Waals surface area contributed by atoms with Gasteiger partial charge in [0.25, 0.3) is 0 Å². The molecular formula is C13H25Cl2N3O. The van der Waals surface area contributed by atoms with Gasteiger partial charge in [0.05, 0.1) is 6.54 Å². The average molecular weight is 310 g/mol. The molecule has 6 heteroatoms. The molecule has 0 unspecified atom stereocenters. The number of nitrogens with one attached hydrogen (secondary N) is 2. The molecule has 2 N–H and O–H groups in total. The zero-order valence-electron chi connectivity index (χ0n) is 11.3. The number of halogens is 2. The Morgan fingerprint density at radius 3 is 2.11 bits per heavy atom. The minimum absolute atomic E-state index is 0. The number of piperazine rings is 1. The minimum atomic E-state index is 0. The Morgan fingerprint density at radius 1 is 1.11 bits per heavy atom. The lowest BCUT2D eigenvalue weighted by Crippen LogP contribution is -2.49. The molecule has 0 spiro atoms. The molecule has 1 heterocycles. The first kappa shape index (κ1) is 17.0. The SMILES string of the molecule is Cl.Cl.O=C(CN1CCNCC1)NC(C1CC1)C1CC1. The van der Waals surface area contributed by atoms with E-state index in [4.69, 9.17) is 0 Å². The van der Waals surface area contributed by atoms with Crippen LogP contribution in [0.4, 0.5) is 0 Å². The van der Waals surface area contributed by atoms with E-state index >= 15 is 0 Å². The molecule has 2 saturated carbocycles. The van der Waals surface area contributed by atoms with E-state index in [1.165, 1.54) is 25.7 Å². The van der Waals surface area contributed by atoms with Crippen molar-refractivity contribution in [1.82, 2.24) is 15.5 Å². The Morgan fingerprint density at radius 2 is 1.63 bits per heavy atom. The molecule has 112 valence electrons. The van der Waals surface area contributed by atoms with E-state index < -0.39 is 0 Å². The van der Waals surface area contributed by atoms with Crippen LogP contribution in [-0.2, 0) is 4.79 Å². The third-order valence-electron chi connectivity index (χ3n) is 4.16. The number of rotatable bonds is 5. The molecular weight excluding hydrogens is 285 g/mol. The maximum Gasteiger partial charge on any atom is 0.234 e. The Balaban J connectivity index is 0.000000902. The zero-order valence-corrected chi connectivity index (χ0v) is 12.9. The Labute approximate surface area is 127 Å². The summed E-state index contributed by atoms with van der Waals surface area (Å²) in [5.74, 6) is 1.85. The van der Waals surface area contributed by atoms with Crippen LogP contribution in [0.15, 0.2) is 0 Å². The van der Waals surface area contributed by atoms with Crippen molar-refractivity contribution in [3.63, 3.8) is 0 Å². The van der Waals surface area contributed by atoms with Crippen molar-refractivity contribution in [2.45, 2.75) is 31.7 Å². The summed E-state index contributed by atoms with van der Waals surface area (Å²) >= 11 is 0. The van der Waals surface area contributed by atoms with Crippen LogP contribution in [0.2, 0.25) is 0 Å². The molecule has 0 atom stereocenters. The van der Waals surface area contributed by atoms with E-state index in [9.17, 15) is 4.79 Å². The standard InChI is InChI=1S/C13H23N3O.2ClH/c17-12(9-16-7-5-14-6-8-16)15-13(10-1-2-10)11-3-4-11;;/h10-11,13-14H,1-9H2,(H,15,17);2*1H. The summed E-state index contributed by atoms with van der Waals surface area (Å²) < 4.78 is 0. The van der Waals surface area contributed by atoms with Crippen molar-refractivity contribution in [3.8, 4) is 0 Å². The summed E-state index contributed by atoms with van der Waals surface area (Å²) in [7, 11) is 0. The highest BCUT2D eigenvalue weighted by Gasteiger charge is 2.42. The maximum absolute atomic E-state index is 12.0. The average Bonchev–Trinajstić information content (AvgIpc) is 3.19. The van der Waals surface area contributed by atoms with Crippen molar-refractivity contribution >= 4 is 30.7 Å². The molecule has 0 aromatic carbocycles. The molecule has 0 aromatic heterocycles. The highest BCUT2D eigenvalue weighted by atomic mass is 35.5.